The lowest BCUT2D eigenvalue weighted by Gasteiger charge is -2.11. The van der Waals surface area contributed by atoms with Crippen LogP contribution in [-0.4, -0.2) is 22.7 Å². The Labute approximate surface area is 203 Å². The summed E-state index contributed by atoms with van der Waals surface area (Å²) in [4.78, 5) is 12.8. The lowest BCUT2D eigenvalue weighted by Crippen LogP contribution is -2.15. The molecule has 4 rings (SSSR count). The van der Waals surface area contributed by atoms with E-state index >= 15 is 0 Å². The Morgan fingerprint density at radius 2 is 1.03 bits per heavy atom. The van der Waals surface area contributed by atoms with E-state index in [4.69, 9.17) is 0 Å². The lowest BCUT2D eigenvalue weighted by molar-refractivity contribution is 0.102. The number of hydrogen-bond acceptors (Lipinski definition) is 5. The van der Waals surface area contributed by atoms with Crippen LogP contribution in [0.3, 0.4) is 0 Å². The van der Waals surface area contributed by atoms with Crippen molar-refractivity contribution < 1.29 is 21.6 Å². The molecule has 35 heavy (non-hydrogen) atoms. The summed E-state index contributed by atoms with van der Waals surface area (Å²) >= 11 is 0. The Morgan fingerprint density at radius 3 is 1.66 bits per heavy atom. The largest absolute Gasteiger partial charge is 0.322 e. The minimum absolute atomic E-state index is 0.0386. The van der Waals surface area contributed by atoms with Crippen molar-refractivity contribution in [2.45, 2.75) is 9.79 Å². The molecule has 0 aliphatic heterocycles. The fourth-order valence-corrected chi connectivity index (χ4v) is 5.31. The second kappa shape index (κ2) is 10.00. The van der Waals surface area contributed by atoms with E-state index in [2.05, 4.69) is 14.8 Å². The highest BCUT2D eigenvalue weighted by Crippen LogP contribution is 2.20. The molecule has 0 fully saturated rings. The van der Waals surface area contributed by atoms with Gasteiger partial charge in [-0.15, -0.1) is 0 Å². The molecule has 178 valence electrons. The molecule has 4 aromatic carbocycles. The summed E-state index contributed by atoms with van der Waals surface area (Å²) in [6.07, 6.45) is 0. The van der Waals surface area contributed by atoms with Gasteiger partial charge in [0.15, 0.2) is 0 Å². The van der Waals surface area contributed by atoms with Gasteiger partial charge in [-0.05, 0) is 66.7 Å². The van der Waals surface area contributed by atoms with Gasteiger partial charge in [-0.2, -0.15) is 0 Å². The Morgan fingerprint density at radius 1 is 0.514 bits per heavy atom. The molecule has 0 aliphatic rings. The standard InChI is InChI=1S/C25H21N3O5S2/c29-25(19-8-7-11-22(18-19)28-34(30,31)23-12-5-2-6-13-23)26-20-14-16-24(17-15-20)35(32,33)27-21-9-3-1-4-10-21/h1-18,27-28H,(H,26,29). The zero-order valence-corrected chi connectivity index (χ0v) is 19.9. The van der Waals surface area contributed by atoms with Crippen LogP contribution in [0.5, 0.6) is 0 Å². The van der Waals surface area contributed by atoms with Gasteiger partial charge in [0.1, 0.15) is 0 Å². The highest BCUT2D eigenvalue weighted by atomic mass is 32.2. The van der Waals surface area contributed by atoms with Crippen LogP contribution in [0.15, 0.2) is 119 Å². The summed E-state index contributed by atoms with van der Waals surface area (Å²) in [6, 6.07) is 28.1. The van der Waals surface area contributed by atoms with Crippen LogP contribution in [-0.2, 0) is 20.0 Å². The van der Waals surface area contributed by atoms with Gasteiger partial charge in [0.25, 0.3) is 26.0 Å². The average molecular weight is 508 g/mol. The van der Waals surface area contributed by atoms with Crippen LogP contribution < -0.4 is 14.8 Å². The third-order valence-electron chi connectivity index (χ3n) is 4.88. The predicted molar refractivity (Wildman–Crippen MR) is 135 cm³/mol. The highest BCUT2D eigenvalue weighted by molar-refractivity contribution is 7.93. The number of anilines is 3. The SMILES string of the molecule is O=C(Nc1ccc(S(=O)(=O)Nc2ccccc2)cc1)c1cccc(NS(=O)(=O)c2ccccc2)c1. The Kier molecular flexibility index (Phi) is 6.85. The molecule has 0 saturated heterocycles. The predicted octanol–water partition coefficient (Wildman–Crippen LogP) is 4.54. The number of carbonyl (C=O) groups is 1. The normalized spacial score (nSPS) is 11.4. The number of amides is 1. The number of benzene rings is 4. The van der Waals surface area contributed by atoms with Crippen molar-refractivity contribution in [1.29, 1.82) is 0 Å². The van der Waals surface area contributed by atoms with Gasteiger partial charge < -0.3 is 5.32 Å². The second-order valence-corrected chi connectivity index (χ2v) is 10.8. The molecular formula is C25H21N3O5S2. The van der Waals surface area contributed by atoms with Crippen LogP contribution in [0.25, 0.3) is 0 Å². The number of hydrogen-bond donors (Lipinski definition) is 3. The monoisotopic (exact) mass is 507 g/mol. The van der Waals surface area contributed by atoms with Crippen LogP contribution in [0, 0.1) is 0 Å². The van der Waals surface area contributed by atoms with Gasteiger partial charge in [0.05, 0.1) is 9.79 Å². The quantitative estimate of drug-likeness (QED) is 0.323. The molecule has 10 heteroatoms. The zero-order valence-electron chi connectivity index (χ0n) is 18.3. The minimum Gasteiger partial charge on any atom is -0.322 e. The third kappa shape index (κ3) is 6.05. The van der Waals surface area contributed by atoms with Crippen molar-refractivity contribution in [2.24, 2.45) is 0 Å². The molecule has 0 bridgehead atoms. The van der Waals surface area contributed by atoms with Crippen molar-refractivity contribution in [3.05, 3.63) is 115 Å². The summed E-state index contributed by atoms with van der Waals surface area (Å²) in [7, 11) is -7.59. The number of sulfonamides is 2. The van der Waals surface area contributed by atoms with Gasteiger partial charge in [-0.25, -0.2) is 16.8 Å². The van der Waals surface area contributed by atoms with E-state index < -0.39 is 26.0 Å². The third-order valence-corrected chi connectivity index (χ3v) is 7.67. The molecule has 0 heterocycles. The summed E-state index contributed by atoms with van der Waals surface area (Å²) in [5.74, 6) is -0.483. The summed E-state index contributed by atoms with van der Waals surface area (Å²) in [5, 5.41) is 2.68. The first-order chi connectivity index (χ1) is 16.7. The van der Waals surface area contributed by atoms with Gasteiger partial charge in [0.2, 0.25) is 0 Å². The van der Waals surface area contributed by atoms with E-state index in [1.54, 1.807) is 54.6 Å². The van der Waals surface area contributed by atoms with Gasteiger partial charge >= 0.3 is 0 Å². The van der Waals surface area contributed by atoms with Crippen molar-refractivity contribution in [1.82, 2.24) is 0 Å². The highest BCUT2D eigenvalue weighted by Gasteiger charge is 2.16. The van der Waals surface area contributed by atoms with Crippen LogP contribution >= 0.6 is 0 Å². The van der Waals surface area contributed by atoms with Gasteiger partial charge in [-0.1, -0.05) is 42.5 Å². The smallest absolute Gasteiger partial charge is 0.261 e. The maximum Gasteiger partial charge on any atom is 0.261 e. The number of carbonyl (C=O) groups excluding carboxylic acids is 1. The van der Waals surface area contributed by atoms with Crippen LogP contribution in [0.1, 0.15) is 10.4 Å². The van der Waals surface area contributed by atoms with Crippen molar-refractivity contribution in [3.8, 4) is 0 Å². The second-order valence-electron chi connectivity index (χ2n) is 7.45. The van der Waals surface area contributed by atoms with Crippen molar-refractivity contribution in [2.75, 3.05) is 14.8 Å². The molecule has 0 atom stereocenters. The zero-order chi connectivity index (χ0) is 24.9. The molecule has 8 nitrogen and oxygen atoms in total. The van der Waals surface area contributed by atoms with Crippen molar-refractivity contribution >= 4 is 43.0 Å². The molecule has 1 amide bonds. The maximum absolute atomic E-state index is 12.7. The number of para-hydroxylation sites is 1. The molecule has 0 aliphatic carbocycles. The topological polar surface area (TPSA) is 121 Å². The molecule has 0 radical (unpaired) electrons. The fraction of sp³-hybridized carbons (Fsp3) is 0. The molecule has 0 saturated carbocycles. The summed E-state index contributed by atoms with van der Waals surface area (Å²) in [5.41, 5.74) is 1.27. The maximum atomic E-state index is 12.7. The van der Waals surface area contributed by atoms with Crippen LogP contribution in [0.2, 0.25) is 0 Å². The number of nitrogens with one attached hydrogen (secondary N) is 3. The molecule has 4 aromatic rings. The van der Waals surface area contributed by atoms with Gasteiger partial charge in [0, 0.05) is 22.6 Å². The van der Waals surface area contributed by atoms with Crippen LogP contribution in [0.4, 0.5) is 17.1 Å². The molecule has 0 aromatic heterocycles. The van der Waals surface area contributed by atoms with Crippen molar-refractivity contribution in [3.63, 3.8) is 0 Å². The molecule has 0 unspecified atom stereocenters. The van der Waals surface area contributed by atoms with E-state index in [1.807, 2.05) is 0 Å². The molecule has 0 spiro atoms. The summed E-state index contributed by atoms with van der Waals surface area (Å²) in [6.45, 7) is 0. The number of rotatable bonds is 8. The first-order valence-electron chi connectivity index (χ1n) is 10.4. The molecular weight excluding hydrogens is 486 g/mol. The summed E-state index contributed by atoms with van der Waals surface area (Å²) < 4.78 is 55.1. The fourth-order valence-electron chi connectivity index (χ4n) is 3.18. The minimum atomic E-state index is -3.80. The lowest BCUT2D eigenvalue weighted by atomic mass is 10.2. The van der Waals surface area contributed by atoms with E-state index in [1.165, 1.54) is 54.6 Å². The average Bonchev–Trinajstić information content (AvgIpc) is 2.85. The van der Waals surface area contributed by atoms with E-state index in [9.17, 15) is 21.6 Å². The van der Waals surface area contributed by atoms with Gasteiger partial charge in [-0.3, -0.25) is 14.2 Å². The van der Waals surface area contributed by atoms with E-state index in [-0.39, 0.29) is 21.0 Å². The van der Waals surface area contributed by atoms with E-state index in [0.717, 1.165) is 0 Å². The van der Waals surface area contributed by atoms with E-state index in [0.29, 0.717) is 11.4 Å². The first kappa shape index (κ1) is 24.0. The Balaban J connectivity index is 1.45. The molecule has 3 N–H and O–H groups in total. The Hall–Kier alpha value is -4.15. The Bertz CT molecular complexity index is 1540. The first-order valence-corrected chi connectivity index (χ1v) is 13.4.